The van der Waals surface area contributed by atoms with Crippen molar-refractivity contribution in [1.82, 2.24) is 9.55 Å². The lowest BCUT2D eigenvalue weighted by Crippen LogP contribution is -2.35. The molecule has 21 heavy (non-hydrogen) atoms. The summed E-state index contributed by atoms with van der Waals surface area (Å²) < 4.78 is 1.41. The van der Waals surface area contributed by atoms with E-state index in [1.807, 2.05) is 13.8 Å². The smallest absolute Gasteiger partial charge is 0.330 e. The van der Waals surface area contributed by atoms with Gasteiger partial charge in [-0.3, -0.25) is 14.3 Å². The maximum Gasteiger partial charge on any atom is 0.330 e. The average molecular weight is 296 g/mol. The molecule has 1 aromatic heterocycles. The largest absolute Gasteiger partial charge is 0.383 e. The minimum Gasteiger partial charge on any atom is -0.383 e. The van der Waals surface area contributed by atoms with Gasteiger partial charge >= 0.3 is 5.69 Å². The van der Waals surface area contributed by atoms with Crippen LogP contribution in [0.3, 0.4) is 0 Å². The number of anilines is 2. The Morgan fingerprint density at radius 3 is 2.48 bits per heavy atom. The number of rotatable bonds is 8. The highest BCUT2D eigenvalue weighted by Crippen LogP contribution is 2.15. The fourth-order valence-electron chi connectivity index (χ4n) is 2.32. The van der Waals surface area contributed by atoms with Gasteiger partial charge in [-0.1, -0.05) is 33.6 Å². The highest BCUT2D eigenvalue weighted by Gasteiger charge is 2.14. The molecule has 0 fully saturated rings. The average Bonchev–Trinajstić information content (AvgIpc) is 2.39. The van der Waals surface area contributed by atoms with Crippen LogP contribution >= 0.6 is 0 Å². The fraction of sp³-hybridized carbons (Fsp3) is 0.733. The number of hydrogen-bond acceptors (Lipinski definition) is 4. The Hall–Kier alpha value is -1.72. The van der Waals surface area contributed by atoms with Gasteiger partial charge in [0.15, 0.2) is 0 Å². The Morgan fingerprint density at radius 2 is 1.90 bits per heavy atom. The lowest BCUT2D eigenvalue weighted by Gasteiger charge is -2.18. The van der Waals surface area contributed by atoms with E-state index in [9.17, 15) is 9.59 Å². The van der Waals surface area contributed by atoms with Crippen LogP contribution in [-0.4, -0.2) is 15.6 Å². The van der Waals surface area contributed by atoms with Crippen molar-refractivity contribution >= 4 is 11.5 Å². The normalized spacial score (nSPS) is 12.6. The van der Waals surface area contributed by atoms with Gasteiger partial charge in [0.05, 0.1) is 0 Å². The second-order valence-corrected chi connectivity index (χ2v) is 6.04. The number of nitrogens with two attached hydrogens (primary N) is 1. The van der Waals surface area contributed by atoms with Crippen molar-refractivity contribution in [2.75, 3.05) is 11.1 Å². The van der Waals surface area contributed by atoms with Crippen LogP contribution in [0, 0.1) is 5.92 Å². The maximum atomic E-state index is 11.9. The van der Waals surface area contributed by atoms with Crippen molar-refractivity contribution in [2.24, 2.45) is 5.92 Å². The molecule has 0 saturated heterocycles. The van der Waals surface area contributed by atoms with Crippen LogP contribution in [0.5, 0.6) is 0 Å². The molecule has 0 spiro atoms. The molecule has 0 saturated carbocycles. The van der Waals surface area contributed by atoms with E-state index < -0.39 is 11.2 Å². The van der Waals surface area contributed by atoms with Crippen molar-refractivity contribution < 1.29 is 0 Å². The third-order valence-corrected chi connectivity index (χ3v) is 3.50. The fourth-order valence-corrected chi connectivity index (χ4v) is 2.32. The molecule has 4 N–H and O–H groups in total. The van der Waals surface area contributed by atoms with E-state index in [2.05, 4.69) is 24.1 Å². The first-order valence-electron chi connectivity index (χ1n) is 7.75. The van der Waals surface area contributed by atoms with Gasteiger partial charge in [0.1, 0.15) is 11.5 Å². The van der Waals surface area contributed by atoms with Gasteiger partial charge in [-0.25, -0.2) is 4.79 Å². The van der Waals surface area contributed by atoms with Crippen molar-refractivity contribution in [3.63, 3.8) is 0 Å². The van der Waals surface area contributed by atoms with Crippen molar-refractivity contribution in [1.29, 1.82) is 0 Å². The molecular weight excluding hydrogens is 268 g/mol. The van der Waals surface area contributed by atoms with E-state index in [1.165, 1.54) is 4.57 Å². The highest BCUT2D eigenvalue weighted by molar-refractivity contribution is 5.60. The summed E-state index contributed by atoms with van der Waals surface area (Å²) >= 11 is 0. The molecule has 6 nitrogen and oxygen atoms in total. The number of hydrogen-bond donors (Lipinski definition) is 3. The predicted octanol–water partition coefficient (Wildman–Crippen LogP) is 2.16. The number of nitrogens with zero attached hydrogens (tertiary/aromatic N) is 1. The second-order valence-electron chi connectivity index (χ2n) is 6.04. The van der Waals surface area contributed by atoms with Gasteiger partial charge in [-0.2, -0.15) is 0 Å². The van der Waals surface area contributed by atoms with Crippen molar-refractivity contribution in [3.8, 4) is 0 Å². The highest BCUT2D eigenvalue weighted by atomic mass is 16.2. The Labute approximate surface area is 125 Å². The Balaban J connectivity index is 2.85. The third kappa shape index (κ3) is 4.95. The zero-order chi connectivity index (χ0) is 16.0. The zero-order valence-electron chi connectivity index (χ0n) is 13.5. The van der Waals surface area contributed by atoms with Crippen LogP contribution in [0.1, 0.15) is 53.4 Å². The van der Waals surface area contributed by atoms with Crippen LogP contribution < -0.4 is 22.3 Å². The summed E-state index contributed by atoms with van der Waals surface area (Å²) in [7, 11) is 0. The van der Waals surface area contributed by atoms with Crippen LogP contribution in [0.25, 0.3) is 0 Å². The molecule has 1 atom stereocenters. The Kier molecular flexibility index (Phi) is 6.52. The molecule has 1 rings (SSSR count). The van der Waals surface area contributed by atoms with E-state index in [1.54, 1.807) is 0 Å². The summed E-state index contributed by atoms with van der Waals surface area (Å²) in [6.45, 7) is 8.87. The number of aromatic nitrogens is 2. The monoisotopic (exact) mass is 296 g/mol. The van der Waals surface area contributed by atoms with Crippen LogP contribution in [0.4, 0.5) is 11.5 Å². The summed E-state index contributed by atoms with van der Waals surface area (Å²) in [6, 6.07) is 0.139. The summed E-state index contributed by atoms with van der Waals surface area (Å²) in [4.78, 5) is 26.0. The molecule has 0 unspecified atom stereocenters. The molecule has 6 heteroatoms. The SMILES string of the molecule is CCCn1c(N)c(N[C@H](C)CCCC(C)C)c(=O)[nH]c1=O. The van der Waals surface area contributed by atoms with E-state index in [-0.39, 0.29) is 11.9 Å². The molecule has 0 aliphatic rings. The molecular formula is C15H28N4O2. The summed E-state index contributed by atoms with van der Waals surface area (Å²) in [6.07, 6.45) is 3.99. The lowest BCUT2D eigenvalue weighted by atomic mass is 10.0. The Morgan fingerprint density at radius 1 is 1.24 bits per heavy atom. The minimum atomic E-state index is -0.447. The number of H-pyrrole nitrogens is 1. The first kappa shape index (κ1) is 17.3. The minimum absolute atomic E-state index is 0.139. The molecule has 120 valence electrons. The van der Waals surface area contributed by atoms with E-state index in [0.29, 0.717) is 18.2 Å². The first-order valence-corrected chi connectivity index (χ1v) is 7.75. The van der Waals surface area contributed by atoms with Gasteiger partial charge in [0.2, 0.25) is 0 Å². The first-order chi connectivity index (χ1) is 9.86. The number of nitrogens with one attached hydrogen (secondary N) is 2. The van der Waals surface area contributed by atoms with Gasteiger partial charge in [0.25, 0.3) is 5.56 Å². The van der Waals surface area contributed by atoms with E-state index in [0.717, 1.165) is 25.7 Å². The summed E-state index contributed by atoms with van der Waals surface area (Å²) in [5, 5.41) is 3.15. The third-order valence-electron chi connectivity index (χ3n) is 3.50. The van der Waals surface area contributed by atoms with E-state index >= 15 is 0 Å². The molecule has 0 aliphatic carbocycles. The summed E-state index contributed by atoms with van der Waals surface area (Å²) in [5.41, 5.74) is 5.39. The van der Waals surface area contributed by atoms with Crippen LogP contribution in [0.2, 0.25) is 0 Å². The maximum absolute atomic E-state index is 11.9. The lowest BCUT2D eigenvalue weighted by molar-refractivity contribution is 0.520. The molecule has 1 heterocycles. The van der Waals surface area contributed by atoms with Gasteiger partial charge in [-0.05, 0) is 25.7 Å². The molecule has 0 amide bonds. The molecule has 0 aliphatic heterocycles. The second kappa shape index (κ2) is 7.90. The topological polar surface area (TPSA) is 92.9 Å². The Bertz CT molecular complexity index is 560. The molecule has 0 aromatic carbocycles. The van der Waals surface area contributed by atoms with Crippen LogP contribution in [0.15, 0.2) is 9.59 Å². The van der Waals surface area contributed by atoms with E-state index in [4.69, 9.17) is 5.73 Å². The predicted molar refractivity (Wildman–Crippen MR) is 87.8 cm³/mol. The quantitative estimate of drug-likeness (QED) is 0.685. The number of aromatic amines is 1. The standard InChI is InChI=1S/C15H28N4O2/c1-5-9-19-13(16)12(14(20)18-15(19)21)17-11(4)8-6-7-10(2)3/h10-11,17H,5-9,16H2,1-4H3,(H,18,20,21)/t11-/m1/s1. The molecule has 0 bridgehead atoms. The molecule has 1 aromatic rings. The van der Waals surface area contributed by atoms with Gasteiger partial charge in [0, 0.05) is 12.6 Å². The zero-order valence-corrected chi connectivity index (χ0v) is 13.5. The van der Waals surface area contributed by atoms with Crippen molar-refractivity contribution in [2.45, 2.75) is 66.0 Å². The van der Waals surface area contributed by atoms with Crippen LogP contribution in [-0.2, 0) is 6.54 Å². The van der Waals surface area contributed by atoms with Crippen molar-refractivity contribution in [3.05, 3.63) is 20.8 Å². The molecule has 0 radical (unpaired) electrons. The van der Waals surface area contributed by atoms with Gasteiger partial charge in [-0.15, -0.1) is 0 Å². The van der Waals surface area contributed by atoms with Gasteiger partial charge < -0.3 is 11.1 Å². The number of nitrogen functional groups attached to an aromatic ring is 1. The summed E-state index contributed by atoms with van der Waals surface area (Å²) in [5.74, 6) is 0.901.